The molecule has 160 valence electrons. The predicted octanol–water partition coefficient (Wildman–Crippen LogP) is 3.77. The maximum Gasteiger partial charge on any atom is 0.434 e. The molecule has 1 atom stereocenters. The zero-order valence-electron chi connectivity index (χ0n) is 15.0. The summed E-state index contributed by atoms with van der Waals surface area (Å²) in [5.41, 5.74) is 0.807. The van der Waals surface area contributed by atoms with E-state index in [1.165, 1.54) is 6.08 Å². The fraction of sp³-hybridized carbons (Fsp3) is 0.444. The van der Waals surface area contributed by atoms with Gasteiger partial charge in [-0.3, -0.25) is 4.79 Å². The standard InChI is InChI=1S/C18H18F6N2O3/c19-17(20,21)15(18(22,23)24)29-16(28)26-9-8-13(11-26)10-25-14(27)7-6-12-4-2-1-3-5-12/h1-7,13,15H,8-11H2,(H,25,27)/b7-6+. The maximum absolute atomic E-state index is 12.5. The van der Waals surface area contributed by atoms with Crippen LogP contribution in [0.3, 0.4) is 0 Å². The van der Waals surface area contributed by atoms with Crippen LogP contribution in [0.2, 0.25) is 0 Å². The Balaban J connectivity index is 1.81. The Morgan fingerprint density at radius 2 is 1.76 bits per heavy atom. The van der Waals surface area contributed by atoms with Crippen LogP contribution in [0.15, 0.2) is 36.4 Å². The van der Waals surface area contributed by atoms with Gasteiger partial charge in [0.1, 0.15) is 0 Å². The smallest absolute Gasteiger partial charge is 0.426 e. The summed E-state index contributed by atoms with van der Waals surface area (Å²) in [5, 5.41) is 2.58. The number of likely N-dealkylation sites (tertiary alicyclic amines) is 1. The van der Waals surface area contributed by atoms with Crippen molar-refractivity contribution in [2.24, 2.45) is 5.92 Å². The van der Waals surface area contributed by atoms with E-state index in [2.05, 4.69) is 10.1 Å². The molecule has 0 saturated carbocycles. The lowest BCUT2D eigenvalue weighted by atomic mass is 10.1. The highest BCUT2D eigenvalue weighted by atomic mass is 19.4. The average Bonchev–Trinajstić information content (AvgIpc) is 3.10. The molecule has 1 aliphatic heterocycles. The third-order valence-electron chi connectivity index (χ3n) is 4.15. The Morgan fingerprint density at radius 1 is 1.14 bits per heavy atom. The lowest BCUT2D eigenvalue weighted by molar-refractivity contribution is -0.308. The summed E-state index contributed by atoms with van der Waals surface area (Å²) >= 11 is 0. The van der Waals surface area contributed by atoms with E-state index in [9.17, 15) is 35.9 Å². The Hall–Kier alpha value is -2.72. The second kappa shape index (κ2) is 9.19. The van der Waals surface area contributed by atoms with Gasteiger partial charge in [0.2, 0.25) is 5.91 Å². The first-order chi connectivity index (χ1) is 13.5. The number of alkyl halides is 6. The van der Waals surface area contributed by atoms with Crippen LogP contribution >= 0.6 is 0 Å². The van der Waals surface area contributed by atoms with Crippen LogP contribution in [0.25, 0.3) is 6.08 Å². The number of carbonyl (C=O) groups is 2. The molecule has 1 aliphatic rings. The monoisotopic (exact) mass is 424 g/mol. The summed E-state index contributed by atoms with van der Waals surface area (Å²) in [7, 11) is 0. The van der Waals surface area contributed by atoms with E-state index in [-0.39, 0.29) is 25.6 Å². The molecule has 2 amide bonds. The van der Waals surface area contributed by atoms with E-state index in [1.54, 1.807) is 30.3 Å². The van der Waals surface area contributed by atoms with E-state index in [1.807, 2.05) is 6.07 Å². The maximum atomic E-state index is 12.5. The normalized spacial score (nSPS) is 17.8. The Morgan fingerprint density at radius 3 is 2.34 bits per heavy atom. The molecule has 29 heavy (non-hydrogen) atoms. The molecule has 1 heterocycles. The first-order valence-corrected chi connectivity index (χ1v) is 8.57. The van der Waals surface area contributed by atoms with Crippen molar-refractivity contribution < 1.29 is 40.7 Å². The second-order valence-corrected chi connectivity index (χ2v) is 6.44. The molecule has 1 saturated heterocycles. The Labute approximate surface area is 162 Å². The molecule has 11 heteroatoms. The van der Waals surface area contributed by atoms with Crippen molar-refractivity contribution in [2.75, 3.05) is 19.6 Å². The summed E-state index contributed by atoms with van der Waals surface area (Å²) in [5.74, 6) is -0.726. The number of benzene rings is 1. The van der Waals surface area contributed by atoms with Gasteiger partial charge in [-0.25, -0.2) is 4.79 Å². The highest BCUT2D eigenvalue weighted by Crippen LogP contribution is 2.36. The van der Waals surface area contributed by atoms with Crippen LogP contribution in [0.1, 0.15) is 12.0 Å². The number of amides is 2. The highest BCUT2D eigenvalue weighted by Gasteiger charge is 2.60. The van der Waals surface area contributed by atoms with E-state index in [4.69, 9.17) is 0 Å². The van der Waals surface area contributed by atoms with Crippen molar-refractivity contribution >= 4 is 18.1 Å². The summed E-state index contributed by atoms with van der Waals surface area (Å²) < 4.78 is 78.5. The molecule has 2 rings (SSSR count). The van der Waals surface area contributed by atoms with E-state index < -0.39 is 30.5 Å². The number of nitrogens with one attached hydrogen (secondary N) is 1. The Bertz CT molecular complexity index is 719. The van der Waals surface area contributed by atoms with Gasteiger partial charge in [0, 0.05) is 25.7 Å². The van der Waals surface area contributed by atoms with Gasteiger partial charge in [-0.1, -0.05) is 30.3 Å². The van der Waals surface area contributed by atoms with Crippen molar-refractivity contribution in [3.63, 3.8) is 0 Å². The largest absolute Gasteiger partial charge is 0.434 e. The molecule has 0 bridgehead atoms. The molecule has 0 aliphatic carbocycles. The van der Waals surface area contributed by atoms with Crippen molar-refractivity contribution in [1.29, 1.82) is 0 Å². The number of nitrogens with zero attached hydrogens (tertiary/aromatic N) is 1. The zero-order valence-corrected chi connectivity index (χ0v) is 15.0. The van der Waals surface area contributed by atoms with Crippen molar-refractivity contribution in [1.82, 2.24) is 10.2 Å². The highest BCUT2D eigenvalue weighted by molar-refractivity contribution is 5.91. The minimum absolute atomic E-state index is 0.0678. The van der Waals surface area contributed by atoms with Gasteiger partial charge in [0.15, 0.2) is 0 Å². The second-order valence-electron chi connectivity index (χ2n) is 6.44. The first-order valence-electron chi connectivity index (χ1n) is 8.57. The van der Waals surface area contributed by atoms with Crippen LogP contribution in [0, 0.1) is 5.92 Å². The molecule has 1 aromatic carbocycles. The Kier molecular flexibility index (Phi) is 7.15. The lowest BCUT2D eigenvalue weighted by Gasteiger charge is -2.25. The molecule has 0 spiro atoms. The zero-order chi connectivity index (χ0) is 21.7. The van der Waals surface area contributed by atoms with Gasteiger partial charge >= 0.3 is 18.4 Å². The number of hydrogen-bond donors (Lipinski definition) is 1. The topological polar surface area (TPSA) is 58.6 Å². The molecular formula is C18H18F6N2O3. The van der Waals surface area contributed by atoms with Crippen LogP contribution in [0.5, 0.6) is 0 Å². The van der Waals surface area contributed by atoms with Gasteiger partial charge in [-0.2, -0.15) is 26.3 Å². The van der Waals surface area contributed by atoms with Gasteiger partial charge in [-0.15, -0.1) is 0 Å². The fourth-order valence-electron chi connectivity index (χ4n) is 2.70. The van der Waals surface area contributed by atoms with Gasteiger partial charge in [0.25, 0.3) is 6.10 Å². The summed E-state index contributed by atoms with van der Waals surface area (Å²) in [6, 6.07) is 9.00. The molecule has 5 nitrogen and oxygen atoms in total. The molecule has 1 fully saturated rings. The minimum Gasteiger partial charge on any atom is -0.426 e. The quantitative estimate of drug-likeness (QED) is 0.579. The average molecular weight is 424 g/mol. The third-order valence-corrected chi connectivity index (χ3v) is 4.15. The van der Waals surface area contributed by atoms with E-state index >= 15 is 0 Å². The van der Waals surface area contributed by atoms with E-state index in [0.717, 1.165) is 10.5 Å². The van der Waals surface area contributed by atoms with Crippen LogP contribution < -0.4 is 5.32 Å². The van der Waals surface area contributed by atoms with E-state index in [0.29, 0.717) is 6.42 Å². The van der Waals surface area contributed by atoms with Crippen molar-refractivity contribution in [3.05, 3.63) is 42.0 Å². The molecule has 1 N–H and O–H groups in total. The third kappa shape index (κ3) is 6.99. The molecule has 1 unspecified atom stereocenters. The number of ether oxygens (including phenoxy) is 1. The molecule has 1 aromatic rings. The predicted molar refractivity (Wildman–Crippen MR) is 90.5 cm³/mol. The molecular weight excluding hydrogens is 406 g/mol. The molecule has 0 aromatic heterocycles. The van der Waals surface area contributed by atoms with Gasteiger partial charge < -0.3 is 15.0 Å². The first kappa shape index (κ1) is 22.6. The SMILES string of the molecule is O=C(/C=C/c1ccccc1)NCC1CCN(C(=O)OC(C(F)(F)F)C(F)(F)F)C1. The molecule has 0 radical (unpaired) electrons. The van der Waals surface area contributed by atoms with Crippen LogP contribution in [-0.2, 0) is 9.53 Å². The number of hydrogen-bond acceptors (Lipinski definition) is 3. The van der Waals surface area contributed by atoms with Crippen LogP contribution in [-0.4, -0.2) is 55.0 Å². The number of carbonyl (C=O) groups excluding carboxylic acids is 2. The minimum atomic E-state index is -5.76. The summed E-state index contributed by atoms with van der Waals surface area (Å²) in [4.78, 5) is 24.3. The van der Waals surface area contributed by atoms with Gasteiger partial charge in [0.05, 0.1) is 0 Å². The fourth-order valence-corrected chi connectivity index (χ4v) is 2.70. The number of halogens is 6. The summed E-state index contributed by atoms with van der Waals surface area (Å²) in [6.07, 6.45) is -14.2. The number of rotatable bonds is 5. The summed E-state index contributed by atoms with van der Waals surface area (Å²) in [6.45, 7) is -0.0741. The van der Waals surface area contributed by atoms with Crippen molar-refractivity contribution in [2.45, 2.75) is 24.9 Å². The van der Waals surface area contributed by atoms with Crippen LogP contribution in [0.4, 0.5) is 31.1 Å². The lowest BCUT2D eigenvalue weighted by Crippen LogP contribution is -2.48. The van der Waals surface area contributed by atoms with Gasteiger partial charge in [-0.05, 0) is 24.0 Å². The van der Waals surface area contributed by atoms with Crippen molar-refractivity contribution in [3.8, 4) is 0 Å².